The molecule has 3 heterocycles. The highest BCUT2D eigenvalue weighted by Gasteiger charge is 2.54. The van der Waals surface area contributed by atoms with E-state index in [0.29, 0.717) is 12.8 Å². The van der Waals surface area contributed by atoms with Gasteiger partial charge in [0.05, 0.1) is 38.6 Å². The smallest absolute Gasteiger partial charge is 0.220 e. The van der Waals surface area contributed by atoms with E-state index < -0.39 is 124 Å². The zero-order valence-electron chi connectivity index (χ0n) is 73.5. The van der Waals surface area contributed by atoms with Gasteiger partial charge >= 0.3 is 0 Å². The van der Waals surface area contributed by atoms with Gasteiger partial charge in [0, 0.05) is 6.42 Å². The second-order valence-corrected chi connectivity index (χ2v) is 34.1. The molecule has 12 N–H and O–H groups in total. The van der Waals surface area contributed by atoms with E-state index in [1.165, 1.54) is 308 Å². The van der Waals surface area contributed by atoms with Crippen LogP contribution in [0, 0.1) is 0 Å². The molecule has 0 aromatic heterocycles. The fraction of sp³-hybridized carbons (Fsp3) is 0.866. The largest absolute Gasteiger partial charge is 0.394 e. The van der Waals surface area contributed by atoms with E-state index in [-0.39, 0.29) is 18.9 Å². The molecule has 116 heavy (non-hydrogen) atoms. The van der Waals surface area contributed by atoms with Crippen LogP contribution in [-0.4, -0.2) is 193 Å². The second kappa shape index (κ2) is 75.9. The van der Waals surface area contributed by atoms with E-state index >= 15 is 0 Å². The van der Waals surface area contributed by atoms with E-state index in [9.17, 15) is 61.0 Å². The van der Waals surface area contributed by atoms with Gasteiger partial charge in [-0.3, -0.25) is 4.79 Å². The fourth-order valence-corrected chi connectivity index (χ4v) is 16.1. The zero-order valence-corrected chi connectivity index (χ0v) is 73.5. The first-order valence-electron chi connectivity index (χ1n) is 48.2. The standard InChI is InChI=1S/C97H177NO18/c1-3-5-7-9-11-13-15-17-19-21-23-25-27-29-31-33-35-37-38-39-40-41-42-43-45-47-49-51-53-55-57-59-61-63-65-67-69-71-73-75-85(103)98-80(81(102)74-72-70-68-66-64-62-60-58-56-54-52-50-48-46-44-36-34-32-30-28-26-24-22-20-18-16-14-12-10-8-6-4-2)79-111-95-91(109)88(106)93(83(77-100)113-95)116-97-92(110)89(107)94(84(78-101)114-97)115-96-90(108)87(105)86(104)82(76-99)112-96/h5,7,11,13,17,19,23,25,64,66,72,74,80-84,86-97,99-102,104-110H,3-4,6,8-10,12,14-16,18,20-22,24,26-63,65,67-71,73,75-79H2,1-2H3,(H,98,103)/b7-5-,13-11-,19-17-,25-23-,66-64+,74-72+. The Morgan fingerprint density at radius 1 is 0.319 bits per heavy atom. The summed E-state index contributed by atoms with van der Waals surface area (Å²) in [5.41, 5.74) is 0. The van der Waals surface area contributed by atoms with Gasteiger partial charge in [0.2, 0.25) is 5.91 Å². The highest BCUT2D eigenvalue weighted by atomic mass is 16.8. The van der Waals surface area contributed by atoms with E-state index in [4.69, 9.17) is 28.4 Å². The van der Waals surface area contributed by atoms with Gasteiger partial charge in [-0.1, -0.05) is 401 Å². The van der Waals surface area contributed by atoms with Crippen LogP contribution in [0.3, 0.4) is 0 Å². The third kappa shape index (κ3) is 53.3. The maximum Gasteiger partial charge on any atom is 0.220 e. The highest BCUT2D eigenvalue weighted by Crippen LogP contribution is 2.34. The van der Waals surface area contributed by atoms with Gasteiger partial charge in [-0.15, -0.1) is 0 Å². The molecule has 0 spiro atoms. The third-order valence-corrected chi connectivity index (χ3v) is 23.7. The van der Waals surface area contributed by atoms with E-state index in [1.807, 2.05) is 6.08 Å². The average Bonchev–Trinajstić information content (AvgIpc) is 0.779. The number of unbranched alkanes of at least 4 members (excludes halogenated alkanes) is 53. The lowest BCUT2D eigenvalue weighted by molar-refractivity contribution is -0.379. The van der Waals surface area contributed by atoms with Gasteiger partial charge in [0.15, 0.2) is 18.9 Å². The molecule has 17 atom stereocenters. The van der Waals surface area contributed by atoms with Crippen LogP contribution in [0.5, 0.6) is 0 Å². The molecule has 19 heteroatoms. The summed E-state index contributed by atoms with van der Waals surface area (Å²) in [6.07, 6.45) is 76.6. The number of amides is 1. The molecule has 0 aromatic rings. The number of ether oxygens (including phenoxy) is 6. The van der Waals surface area contributed by atoms with Crippen molar-refractivity contribution in [2.45, 2.75) is 510 Å². The molecule has 1 amide bonds. The number of carbonyl (C=O) groups is 1. The zero-order chi connectivity index (χ0) is 83.8. The minimum absolute atomic E-state index is 0.238. The lowest BCUT2D eigenvalue weighted by atomic mass is 9.96. The van der Waals surface area contributed by atoms with Crippen LogP contribution in [-0.2, 0) is 33.2 Å². The van der Waals surface area contributed by atoms with Crippen LogP contribution >= 0.6 is 0 Å². The van der Waals surface area contributed by atoms with Crippen molar-refractivity contribution in [2.75, 3.05) is 26.4 Å². The van der Waals surface area contributed by atoms with E-state index in [2.05, 4.69) is 79.9 Å². The molecule has 3 saturated heterocycles. The lowest BCUT2D eigenvalue weighted by Gasteiger charge is -2.48. The predicted molar refractivity (Wildman–Crippen MR) is 471 cm³/mol. The van der Waals surface area contributed by atoms with Crippen molar-refractivity contribution in [3.05, 3.63) is 72.9 Å². The quantitative estimate of drug-likeness (QED) is 0.0199. The van der Waals surface area contributed by atoms with E-state index in [0.717, 1.165) is 64.2 Å². The molecule has 678 valence electrons. The molecular weight excluding hydrogens is 1470 g/mol. The van der Waals surface area contributed by atoms with Crippen LogP contribution in [0.4, 0.5) is 0 Å². The van der Waals surface area contributed by atoms with Crippen LogP contribution < -0.4 is 5.32 Å². The Morgan fingerprint density at radius 3 is 0.966 bits per heavy atom. The Labute approximate surface area is 706 Å². The molecule has 3 aliphatic rings. The first kappa shape index (κ1) is 107. The summed E-state index contributed by atoms with van der Waals surface area (Å²) in [4.78, 5) is 13.5. The number of carbonyl (C=O) groups excluding carboxylic acids is 1. The first-order chi connectivity index (χ1) is 56.8. The summed E-state index contributed by atoms with van der Waals surface area (Å²) >= 11 is 0. The van der Waals surface area contributed by atoms with Crippen molar-refractivity contribution in [1.29, 1.82) is 0 Å². The number of rotatable bonds is 79. The number of aliphatic hydroxyl groups excluding tert-OH is 11. The molecule has 3 fully saturated rings. The summed E-state index contributed by atoms with van der Waals surface area (Å²) in [6.45, 7) is 1.67. The molecule has 3 rings (SSSR count). The monoisotopic (exact) mass is 1640 g/mol. The third-order valence-electron chi connectivity index (χ3n) is 23.7. The molecule has 0 aromatic carbocycles. The minimum Gasteiger partial charge on any atom is -0.394 e. The number of nitrogens with one attached hydrogen (secondary N) is 1. The van der Waals surface area contributed by atoms with Crippen molar-refractivity contribution in [3.63, 3.8) is 0 Å². The van der Waals surface area contributed by atoms with Crippen molar-refractivity contribution < 1.29 is 89.4 Å². The van der Waals surface area contributed by atoms with Gasteiger partial charge in [0.1, 0.15) is 73.2 Å². The van der Waals surface area contributed by atoms with Gasteiger partial charge < -0.3 is 89.9 Å². The van der Waals surface area contributed by atoms with E-state index in [1.54, 1.807) is 6.08 Å². The summed E-state index contributed by atoms with van der Waals surface area (Å²) < 4.78 is 34.5. The SMILES string of the molecule is CC/C=C\C/C=C\C/C=C\C/C=C\CCCCCCCCCCCCCCCCCCCCCCCCCCCCC(=O)NC(COC1OC(CO)C(OC2OC(CO)C(OC3OC(CO)C(O)C(O)C3O)C(O)C2O)C(O)C1O)C(O)/C=C/CC/C=C/CCCCCCCCCCCCCCCCCCCCCCCCCCCC. The number of allylic oxidation sites excluding steroid dienone is 11. The maximum atomic E-state index is 13.5. The second-order valence-electron chi connectivity index (χ2n) is 34.1. The Hall–Kier alpha value is -2.77. The van der Waals surface area contributed by atoms with Crippen molar-refractivity contribution >= 4 is 5.91 Å². The predicted octanol–water partition coefficient (Wildman–Crippen LogP) is 19.5. The summed E-state index contributed by atoms with van der Waals surface area (Å²) in [7, 11) is 0. The van der Waals surface area contributed by atoms with Gasteiger partial charge in [-0.2, -0.15) is 0 Å². The number of aliphatic hydroxyl groups is 11. The average molecular weight is 1650 g/mol. The van der Waals surface area contributed by atoms with Crippen LogP contribution in [0.2, 0.25) is 0 Å². The lowest BCUT2D eigenvalue weighted by Crippen LogP contribution is -2.66. The minimum atomic E-state index is -1.98. The van der Waals surface area contributed by atoms with Gasteiger partial charge in [-0.25, -0.2) is 0 Å². The molecule has 0 bridgehead atoms. The van der Waals surface area contributed by atoms with Crippen molar-refractivity contribution in [1.82, 2.24) is 5.32 Å². The molecule has 17 unspecified atom stereocenters. The Bertz CT molecular complexity index is 2370. The first-order valence-corrected chi connectivity index (χ1v) is 48.2. The summed E-state index contributed by atoms with van der Waals surface area (Å²) in [5.74, 6) is -0.278. The normalized spacial score (nSPS) is 24.8. The van der Waals surface area contributed by atoms with Crippen LogP contribution in [0.15, 0.2) is 72.9 Å². The molecule has 19 nitrogen and oxygen atoms in total. The van der Waals surface area contributed by atoms with Crippen molar-refractivity contribution in [2.24, 2.45) is 0 Å². The highest BCUT2D eigenvalue weighted by molar-refractivity contribution is 5.76. The number of hydrogen-bond acceptors (Lipinski definition) is 18. The Balaban J connectivity index is 1.30. The van der Waals surface area contributed by atoms with Crippen molar-refractivity contribution in [3.8, 4) is 0 Å². The maximum absolute atomic E-state index is 13.5. The molecule has 3 aliphatic heterocycles. The van der Waals surface area contributed by atoms with Crippen LogP contribution in [0.1, 0.15) is 406 Å². The summed E-state index contributed by atoms with van der Waals surface area (Å²) in [6, 6.07) is -0.993. The topological polar surface area (TPSA) is 307 Å². The molecule has 0 radical (unpaired) electrons. The Kier molecular flexibility index (Phi) is 70.3. The van der Waals surface area contributed by atoms with Gasteiger partial charge in [-0.05, 0) is 70.6 Å². The fourth-order valence-electron chi connectivity index (χ4n) is 16.1. The number of hydrogen-bond donors (Lipinski definition) is 12. The molecule has 0 saturated carbocycles. The molecule has 0 aliphatic carbocycles. The van der Waals surface area contributed by atoms with Crippen LogP contribution in [0.25, 0.3) is 0 Å². The molecular formula is C97H177NO18. The van der Waals surface area contributed by atoms with Gasteiger partial charge in [0.25, 0.3) is 0 Å². The Morgan fingerprint density at radius 2 is 0.603 bits per heavy atom. The summed E-state index contributed by atoms with van der Waals surface area (Å²) in [5, 5.41) is 121.